The molecule has 0 unspecified atom stereocenters. The molecule has 0 fully saturated rings. The predicted molar refractivity (Wildman–Crippen MR) is 75.4 cm³/mol. The number of hydrogen-bond acceptors (Lipinski definition) is 0. The highest BCUT2D eigenvalue weighted by atomic mass is 28.3. The van der Waals surface area contributed by atoms with Gasteiger partial charge in [0.05, 0.1) is 0 Å². The molecule has 0 saturated heterocycles. The molecule has 0 nitrogen and oxygen atoms in total. The van der Waals surface area contributed by atoms with E-state index >= 15 is 0 Å². The molecule has 0 bridgehead atoms. The van der Waals surface area contributed by atoms with Gasteiger partial charge in [-0.05, 0) is 30.0 Å². The van der Waals surface area contributed by atoms with Gasteiger partial charge >= 0.3 is 0 Å². The summed E-state index contributed by atoms with van der Waals surface area (Å²) >= 11 is 0. The van der Waals surface area contributed by atoms with E-state index in [1.54, 1.807) is 0 Å². The summed E-state index contributed by atoms with van der Waals surface area (Å²) in [7, 11) is -1.26. The molecule has 1 aromatic rings. The molecule has 0 N–H and O–H groups in total. The molecule has 1 heteroatoms. The van der Waals surface area contributed by atoms with Crippen molar-refractivity contribution in [3.05, 3.63) is 34.9 Å². The molecule has 0 radical (unpaired) electrons. The molecular formula is C15H22Si. The van der Waals surface area contributed by atoms with Crippen molar-refractivity contribution in [1.29, 1.82) is 0 Å². The molecule has 0 aromatic heterocycles. The van der Waals surface area contributed by atoms with E-state index < -0.39 is 8.07 Å². The maximum atomic E-state index is 3.44. The zero-order chi connectivity index (χ0) is 12.2. The summed E-state index contributed by atoms with van der Waals surface area (Å²) < 4.78 is 0. The Labute approximate surface area is 101 Å². The highest BCUT2D eigenvalue weighted by Crippen LogP contribution is 2.13. The Morgan fingerprint density at radius 1 is 1.06 bits per heavy atom. The first-order valence-electron chi connectivity index (χ1n) is 6.11. The van der Waals surface area contributed by atoms with Gasteiger partial charge in [-0.1, -0.05) is 51.5 Å². The van der Waals surface area contributed by atoms with Crippen LogP contribution in [0.1, 0.15) is 30.5 Å². The van der Waals surface area contributed by atoms with Crippen molar-refractivity contribution in [3.63, 3.8) is 0 Å². The van der Waals surface area contributed by atoms with E-state index in [0.717, 1.165) is 12.8 Å². The van der Waals surface area contributed by atoms with Gasteiger partial charge in [-0.25, -0.2) is 0 Å². The molecule has 86 valence electrons. The minimum atomic E-state index is -1.26. The summed E-state index contributed by atoms with van der Waals surface area (Å²) in [6.07, 6.45) is 2.18. The monoisotopic (exact) mass is 230 g/mol. The van der Waals surface area contributed by atoms with Crippen LogP contribution in [0.5, 0.6) is 0 Å². The Kier molecular flexibility index (Phi) is 4.38. The normalized spacial score (nSPS) is 10.8. The molecule has 0 aliphatic heterocycles. The molecule has 0 aliphatic carbocycles. The summed E-state index contributed by atoms with van der Waals surface area (Å²) in [5.41, 5.74) is 7.47. The lowest BCUT2D eigenvalue weighted by molar-refractivity contribution is 1.08. The number of rotatable bonds is 2. The Hall–Kier alpha value is -1.00. The van der Waals surface area contributed by atoms with Crippen LogP contribution in [0.4, 0.5) is 0 Å². The second-order valence-electron chi connectivity index (χ2n) is 5.20. The van der Waals surface area contributed by atoms with E-state index in [0.29, 0.717) is 0 Å². The van der Waals surface area contributed by atoms with E-state index in [9.17, 15) is 0 Å². The molecule has 0 atom stereocenters. The van der Waals surface area contributed by atoms with Crippen molar-refractivity contribution in [2.45, 2.75) is 46.3 Å². The molecule has 0 aliphatic rings. The quantitative estimate of drug-likeness (QED) is 0.531. The average molecular weight is 230 g/mol. The molecular weight excluding hydrogens is 208 g/mol. The second-order valence-corrected chi connectivity index (χ2v) is 9.95. The van der Waals surface area contributed by atoms with Gasteiger partial charge in [-0.15, -0.1) is 5.54 Å². The van der Waals surface area contributed by atoms with Crippen LogP contribution in [-0.2, 0) is 12.8 Å². The highest BCUT2D eigenvalue weighted by molar-refractivity contribution is 6.83. The fraction of sp³-hybridized carbons (Fsp3) is 0.467. The molecule has 1 aromatic carbocycles. The van der Waals surface area contributed by atoms with Crippen molar-refractivity contribution >= 4 is 8.07 Å². The van der Waals surface area contributed by atoms with E-state index in [1.165, 1.54) is 16.7 Å². The SMILES string of the molecule is CCc1ccc(C#C[Si](C)(C)C)c(CC)c1. The number of aryl methyl sites for hydroxylation is 2. The van der Waals surface area contributed by atoms with E-state index in [1.807, 2.05) is 0 Å². The van der Waals surface area contributed by atoms with Crippen LogP contribution in [-0.4, -0.2) is 8.07 Å². The standard InChI is InChI=1S/C15H22Si/c1-6-13-8-9-15(14(7-2)12-13)10-11-16(3,4)5/h8-9,12H,6-7H2,1-5H3. The van der Waals surface area contributed by atoms with Gasteiger partial charge in [0.15, 0.2) is 0 Å². The first-order chi connectivity index (χ1) is 7.46. The van der Waals surface area contributed by atoms with E-state index in [2.05, 4.69) is 63.2 Å². The summed E-state index contributed by atoms with van der Waals surface area (Å²) in [6.45, 7) is 11.3. The first-order valence-corrected chi connectivity index (χ1v) is 9.61. The van der Waals surface area contributed by atoms with Crippen LogP contribution in [0.15, 0.2) is 18.2 Å². The van der Waals surface area contributed by atoms with E-state index in [-0.39, 0.29) is 0 Å². The third kappa shape index (κ3) is 3.87. The lowest BCUT2D eigenvalue weighted by Crippen LogP contribution is -2.16. The van der Waals surface area contributed by atoms with Crippen molar-refractivity contribution in [3.8, 4) is 11.5 Å². The lowest BCUT2D eigenvalue weighted by Gasteiger charge is -2.07. The summed E-state index contributed by atoms with van der Waals surface area (Å²) in [5, 5.41) is 0. The summed E-state index contributed by atoms with van der Waals surface area (Å²) in [4.78, 5) is 0. The fourth-order valence-corrected chi connectivity index (χ4v) is 2.05. The molecule has 0 heterocycles. The van der Waals surface area contributed by atoms with Gasteiger partial charge in [0.25, 0.3) is 0 Å². The van der Waals surface area contributed by atoms with Gasteiger partial charge in [0.2, 0.25) is 0 Å². The Morgan fingerprint density at radius 3 is 2.25 bits per heavy atom. The van der Waals surface area contributed by atoms with Gasteiger partial charge < -0.3 is 0 Å². The molecule has 0 amide bonds. The van der Waals surface area contributed by atoms with Crippen LogP contribution in [0, 0.1) is 11.5 Å². The maximum absolute atomic E-state index is 3.44. The lowest BCUT2D eigenvalue weighted by atomic mass is 10.0. The summed E-state index contributed by atoms with van der Waals surface area (Å²) in [5.74, 6) is 3.37. The van der Waals surface area contributed by atoms with Crippen molar-refractivity contribution in [2.75, 3.05) is 0 Å². The average Bonchev–Trinajstić information content (AvgIpc) is 2.25. The van der Waals surface area contributed by atoms with Gasteiger partial charge in [-0.3, -0.25) is 0 Å². The Balaban J connectivity index is 3.08. The third-order valence-corrected chi connectivity index (χ3v) is 3.41. The van der Waals surface area contributed by atoms with Gasteiger partial charge in [0.1, 0.15) is 8.07 Å². The smallest absolute Gasteiger partial charge is 0.127 e. The number of hydrogen-bond donors (Lipinski definition) is 0. The third-order valence-electron chi connectivity index (χ3n) is 2.53. The minimum absolute atomic E-state index is 1.07. The summed E-state index contributed by atoms with van der Waals surface area (Å²) in [6, 6.07) is 6.69. The second kappa shape index (κ2) is 5.36. The predicted octanol–water partition coefficient (Wildman–Crippen LogP) is 4.04. The molecule has 16 heavy (non-hydrogen) atoms. The van der Waals surface area contributed by atoms with Crippen molar-refractivity contribution in [2.24, 2.45) is 0 Å². The largest absolute Gasteiger partial charge is 0.129 e. The molecule has 1 rings (SSSR count). The zero-order valence-corrected chi connectivity index (χ0v) is 12.1. The number of benzene rings is 1. The minimum Gasteiger partial charge on any atom is -0.127 e. The van der Waals surface area contributed by atoms with Crippen LogP contribution in [0.3, 0.4) is 0 Å². The fourth-order valence-electron chi connectivity index (χ4n) is 1.54. The van der Waals surface area contributed by atoms with Gasteiger partial charge in [-0.2, -0.15) is 0 Å². The van der Waals surface area contributed by atoms with Crippen LogP contribution < -0.4 is 0 Å². The highest BCUT2D eigenvalue weighted by Gasteiger charge is 2.08. The molecule has 0 spiro atoms. The first kappa shape index (κ1) is 13.1. The van der Waals surface area contributed by atoms with Crippen molar-refractivity contribution < 1.29 is 0 Å². The van der Waals surface area contributed by atoms with Crippen molar-refractivity contribution in [1.82, 2.24) is 0 Å². The maximum Gasteiger partial charge on any atom is 0.129 e. The van der Waals surface area contributed by atoms with Crippen LogP contribution in [0.2, 0.25) is 19.6 Å². The van der Waals surface area contributed by atoms with Gasteiger partial charge in [0, 0.05) is 5.56 Å². The van der Waals surface area contributed by atoms with Crippen LogP contribution >= 0.6 is 0 Å². The molecule has 0 saturated carbocycles. The Morgan fingerprint density at radius 2 is 1.75 bits per heavy atom. The Bertz CT molecular complexity index is 413. The zero-order valence-electron chi connectivity index (χ0n) is 11.1. The van der Waals surface area contributed by atoms with Crippen LogP contribution in [0.25, 0.3) is 0 Å². The van der Waals surface area contributed by atoms with E-state index in [4.69, 9.17) is 0 Å². The topological polar surface area (TPSA) is 0 Å².